The molecule has 0 saturated heterocycles. The Labute approximate surface area is 114 Å². The monoisotopic (exact) mass is 276 g/mol. The van der Waals surface area contributed by atoms with Gasteiger partial charge in [0.2, 0.25) is 0 Å². The molecule has 6 heteroatoms. The van der Waals surface area contributed by atoms with Crippen LogP contribution >= 0.6 is 11.3 Å². The number of thiophene rings is 1. The number of methoxy groups -OCH3 is 1. The van der Waals surface area contributed by atoms with E-state index in [0.717, 1.165) is 11.1 Å². The molecule has 0 aliphatic carbocycles. The van der Waals surface area contributed by atoms with Crippen molar-refractivity contribution < 1.29 is 14.3 Å². The molecular weight excluding hydrogens is 264 g/mol. The Morgan fingerprint density at radius 3 is 2.53 bits per heavy atom. The molecule has 0 unspecified atom stereocenters. The number of hydrogen-bond acceptors (Lipinski definition) is 4. The Kier molecular flexibility index (Phi) is 4.15. The van der Waals surface area contributed by atoms with Crippen molar-refractivity contribution in [3.8, 4) is 11.1 Å². The molecule has 1 heterocycles. The van der Waals surface area contributed by atoms with Crippen molar-refractivity contribution in [2.24, 2.45) is 0 Å². The maximum Gasteiger partial charge on any atom is 0.425 e. The van der Waals surface area contributed by atoms with Crippen molar-refractivity contribution in [1.82, 2.24) is 10.9 Å². The van der Waals surface area contributed by atoms with Gasteiger partial charge in [-0.2, -0.15) is 0 Å². The summed E-state index contributed by atoms with van der Waals surface area (Å²) in [5.74, 6) is -0.377. The highest BCUT2D eigenvalue weighted by Crippen LogP contribution is 2.25. The fourth-order valence-corrected chi connectivity index (χ4v) is 2.27. The first-order valence-electron chi connectivity index (χ1n) is 5.49. The van der Waals surface area contributed by atoms with E-state index in [-0.39, 0.29) is 5.91 Å². The smallest absolute Gasteiger partial charge is 0.425 e. The molecule has 0 saturated carbocycles. The number of ether oxygens (including phenoxy) is 1. The Hall–Kier alpha value is -2.34. The van der Waals surface area contributed by atoms with Crippen LogP contribution < -0.4 is 10.9 Å². The Bertz CT molecular complexity index is 581. The van der Waals surface area contributed by atoms with Crippen LogP contribution in [0.5, 0.6) is 0 Å². The van der Waals surface area contributed by atoms with E-state index in [9.17, 15) is 9.59 Å². The van der Waals surface area contributed by atoms with Crippen LogP contribution in [0.15, 0.2) is 41.8 Å². The van der Waals surface area contributed by atoms with Gasteiger partial charge in [-0.1, -0.05) is 30.3 Å². The van der Waals surface area contributed by atoms with E-state index < -0.39 is 6.09 Å². The van der Waals surface area contributed by atoms with Crippen LogP contribution in [0.25, 0.3) is 11.1 Å². The van der Waals surface area contributed by atoms with Crippen LogP contribution in [-0.4, -0.2) is 19.1 Å². The summed E-state index contributed by atoms with van der Waals surface area (Å²) in [6.45, 7) is 0. The molecule has 2 aromatic rings. The molecule has 98 valence electrons. The van der Waals surface area contributed by atoms with Crippen LogP contribution in [0.4, 0.5) is 4.79 Å². The van der Waals surface area contributed by atoms with E-state index in [1.165, 1.54) is 18.4 Å². The molecule has 2 N–H and O–H groups in total. The van der Waals surface area contributed by atoms with Crippen molar-refractivity contribution in [2.45, 2.75) is 0 Å². The van der Waals surface area contributed by atoms with Gasteiger partial charge in [-0.05, 0) is 22.6 Å². The van der Waals surface area contributed by atoms with Crippen molar-refractivity contribution in [1.29, 1.82) is 0 Å². The molecular formula is C13H12N2O3S. The third-order valence-corrected chi connectivity index (χ3v) is 3.32. The number of hydrazine groups is 1. The fraction of sp³-hybridized carbons (Fsp3) is 0.0769. The van der Waals surface area contributed by atoms with Crippen LogP contribution in [0, 0.1) is 0 Å². The average Bonchev–Trinajstić information content (AvgIpc) is 2.95. The third-order valence-electron chi connectivity index (χ3n) is 2.39. The molecule has 19 heavy (non-hydrogen) atoms. The minimum absolute atomic E-state index is 0.377. The first-order chi connectivity index (χ1) is 9.20. The fourth-order valence-electron chi connectivity index (χ4n) is 1.46. The molecule has 1 aromatic carbocycles. The summed E-state index contributed by atoms with van der Waals surface area (Å²) in [5.41, 5.74) is 6.39. The first-order valence-corrected chi connectivity index (χ1v) is 6.37. The van der Waals surface area contributed by atoms with E-state index in [4.69, 9.17) is 0 Å². The second-order valence-corrected chi connectivity index (χ2v) is 4.55. The molecule has 1 aromatic heterocycles. The highest BCUT2D eigenvalue weighted by molar-refractivity contribution is 7.12. The van der Waals surface area contributed by atoms with Gasteiger partial charge in [0.1, 0.15) is 0 Å². The van der Waals surface area contributed by atoms with E-state index >= 15 is 0 Å². The van der Waals surface area contributed by atoms with Crippen LogP contribution in [0.1, 0.15) is 9.67 Å². The van der Waals surface area contributed by atoms with E-state index in [1.54, 1.807) is 6.07 Å². The maximum atomic E-state index is 11.7. The lowest BCUT2D eigenvalue weighted by Crippen LogP contribution is -2.41. The Morgan fingerprint density at radius 1 is 1.11 bits per heavy atom. The molecule has 5 nitrogen and oxygen atoms in total. The van der Waals surface area contributed by atoms with E-state index in [2.05, 4.69) is 15.6 Å². The minimum Gasteiger partial charge on any atom is -0.452 e. The van der Waals surface area contributed by atoms with Crippen LogP contribution in [-0.2, 0) is 4.74 Å². The Balaban J connectivity index is 2.05. The SMILES string of the molecule is COC(=O)NNC(=O)c1cc(-c2ccccc2)cs1. The standard InChI is InChI=1S/C13H12N2O3S/c1-18-13(17)15-14-12(16)11-7-10(8-19-11)9-5-3-2-4-6-9/h2-8H,1H3,(H,14,16)(H,15,17). The molecule has 0 radical (unpaired) electrons. The predicted octanol–water partition coefficient (Wildman–Crippen LogP) is 2.42. The van der Waals surface area contributed by atoms with Crippen molar-refractivity contribution in [3.63, 3.8) is 0 Å². The average molecular weight is 276 g/mol. The summed E-state index contributed by atoms with van der Waals surface area (Å²) in [5, 5.41) is 1.89. The molecule has 0 aliphatic heterocycles. The third kappa shape index (κ3) is 3.32. The molecule has 2 rings (SSSR count). The summed E-state index contributed by atoms with van der Waals surface area (Å²) in [7, 11) is 1.22. The maximum absolute atomic E-state index is 11.7. The van der Waals surface area contributed by atoms with Crippen molar-refractivity contribution in [2.75, 3.05) is 7.11 Å². The number of hydrogen-bond donors (Lipinski definition) is 2. The molecule has 0 atom stereocenters. The normalized spacial score (nSPS) is 9.74. The molecule has 0 bridgehead atoms. The van der Waals surface area contributed by atoms with Crippen molar-refractivity contribution >= 4 is 23.3 Å². The van der Waals surface area contributed by atoms with Gasteiger partial charge in [-0.15, -0.1) is 11.3 Å². The summed E-state index contributed by atoms with van der Waals surface area (Å²) >= 11 is 1.31. The van der Waals surface area contributed by atoms with Gasteiger partial charge in [-0.25, -0.2) is 10.2 Å². The van der Waals surface area contributed by atoms with Gasteiger partial charge in [0.15, 0.2) is 0 Å². The molecule has 0 fully saturated rings. The molecule has 2 amide bonds. The lowest BCUT2D eigenvalue weighted by atomic mass is 10.1. The van der Waals surface area contributed by atoms with Gasteiger partial charge in [0.25, 0.3) is 5.91 Å². The number of nitrogens with one attached hydrogen (secondary N) is 2. The van der Waals surface area contributed by atoms with Crippen LogP contribution in [0.3, 0.4) is 0 Å². The van der Waals surface area contributed by atoms with Gasteiger partial charge in [0, 0.05) is 0 Å². The Morgan fingerprint density at radius 2 is 1.84 bits per heavy atom. The van der Waals surface area contributed by atoms with Crippen LogP contribution in [0.2, 0.25) is 0 Å². The van der Waals surface area contributed by atoms with Gasteiger partial charge in [0.05, 0.1) is 12.0 Å². The second-order valence-electron chi connectivity index (χ2n) is 3.64. The largest absolute Gasteiger partial charge is 0.452 e. The number of rotatable bonds is 2. The number of carbonyl (C=O) groups is 2. The highest BCUT2D eigenvalue weighted by Gasteiger charge is 2.10. The highest BCUT2D eigenvalue weighted by atomic mass is 32.1. The van der Waals surface area contributed by atoms with E-state index in [1.807, 2.05) is 35.7 Å². The zero-order valence-corrected chi connectivity index (χ0v) is 11.0. The summed E-state index contributed by atoms with van der Waals surface area (Å²) in [6.07, 6.45) is -0.715. The zero-order valence-electron chi connectivity index (χ0n) is 10.2. The topological polar surface area (TPSA) is 67.4 Å². The first kappa shape index (κ1) is 13.1. The lowest BCUT2D eigenvalue weighted by molar-refractivity contribution is 0.0924. The number of benzene rings is 1. The van der Waals surface area contributed by atoms with E-state index in [0.29, 0.717) is 4.88 Å². The summed E-state index contributed by atoms with van der Waals surface area (Å²) in [6, 6.07) is 11.5. The molecule has 0 aliphatic rings. The lowest BCUT2D eigenvalue weighted by Gasteiger charge is -2.03. The number of amides is 2. The predicted molar refractivity (Wildman–Crippen MR) is 72.8 cm³/mol. The second kappa shape index (κ2) is 6.01. The van der Waals surface area contributed by atoms with Crippen molar-refractivity contribution in [3.05, 3.63) is 46.7 Å². The van der Waals surface area contributed by atoms with Gasteiger partial charge >= 0.3 is 6.09 Å². The number of carbonyl (C=O) groups excluding carboxylic acids is 2. The zero-order chi connectivity index (χ0) is 13.7. The molecule has 0 spiro atoms. The quantitative estimate of drug-likeness (QED) is 0.828. The van der Waals surface area contributed by atoms with Gasteiger partial charge in [-0.3, -0.25) is 10.2 Å². The summed E-state index contributed by atoms with van der Waals surface area (Å²) < 4.78 is 4.35. The van der Waals surface area contributed by atoms with Gasteiger partial charge < -0.3 is 4.74 Å². The minimum atomic E-state index is -0.715. The summed E-state index contributed by atoms with van der Waals surface area (Å²) in [4.78, 5) is 23.1.